The van der Waals surface area contributed by atoms with Gasteiger partial charge < -0.3 is 10.6 Å². The number of allylic oxidation sites excluding steroid dienone is 1. The van der Waals surface area contributed by atoms with Crippen LogP contribution in [0.1, 0.15) is 36.8 Å². The Balaban J connectivity index is 1.80. The highest BCUT2D eigenvalue weighted by molar-refractivity contribution is 5.77. The third-order valence-electron chi connectivity index (χ3n) is 4.46. The van der Waals surface area contributed by atoms with Gasteiger partial charge in [-0.05, 0) is 30.0 Å². The number of carbonyl (C=O) groups is 1. The summed E-state index contributed by atoms with van der Waals surface area (Å²) in [6, 6.07) is 8.71. The Bertz CT molecular complexity index is 547. The highest BCUT2D eigenvalue weighted by Gasteiger charge is 2.33. The summed E-state index contributed by atoms with van der Waals surface area (Å²) < 4.78 is 0. The van der Waals surface area contributed by atoms with E-state index in [1.165, 1.54) is 16.7 Å². The summed E-state index contributed by atoms with van der Waals surface area (Å²) in [5.41, 5.74) is 11.2. The number of primary amides is 1. The lowest BCUT2D eigenvalue weighted by Gasteiger charge is -2.33. The van der Waals surface area contributed by atoms with Gasteiger partial charge in [0.15, 0.2) is 0 Å². The molecule has 1 heterocycles. The Labute approximate surface area is 114 Å². The molecule has 0 radical (unpaired) electrons. The van der Waals surface area contributed by atoms with Gasteiger partial charge in [-0.25, -0.2) is 0 Å². The SMILES string of the molecule is CC1=C2CCN(CCC(N)=O)CC2c2ccccc21. The molecule has 1 fully saturated rings. The lowest BCUT2D eigenvalue weighted by molar-refractivity contribution is -0.118. The van der Waals surface area contributed by atoms with Crippen LogP contribution in [0.3, 0.4) is 0 Å². The van der Waals surface area contributed by atoms with Crippen LogP contribution in [-0.4, -0.2) is 30.4 Å². The molecule has 0 bridgehead atoms. The molecule has 1 aliphatic carbocycles. The zero-order chi connectivity index (χ0) is 13.4. The summed E-state index contributed by atoms with van der Waals surface area (Å²) in [5, 5.41) is 0. The number of hydrogen-bond donors (Lipinski definition) is 1. The molecule has 2 N–H and O–H groups in total. The van der Waals surface area contributed by atoms with E-state index in [1.807, 2.05) is 0 Å². The van der Waals surface area contributed by atoms with Crippen molar-refractivity contribution in [1.82, 2.24) is 4.90 Å². The van der Waals surface area contributed by atoms with Gasteiger partial charge in [-0.15, -0.1) is 0 Å². The molecule has 0 aromatic heterocycles. The molecule has 1 atom stereocenters. The summed E-state index contributed by atoms with van der Waals surface area (Å²) in [5.74, 6) is 0.321. The molecule has 0 saturated carbocycles. The molecule has 3 heteroatoms. The van der Waals surface area contributed by atoms with Crippen molar-refractivity contribution in [3.8, 4) is 0 Å². The molecule has 3 nitrogen and oxygen atoms in total. The van der Waals surface area contributed by atoms with Crippen molar-refractivity contribution < 1.29 is 4.79 Å². The van der Waals surface area contributed by atoms with E-state index in [1.54, 1.807) is 5.57 Å². The first-order valence-electron chi connectivity index (χ1n) is 6.96. The second-order valence-corrected chi connectivity index (χ2v) is 5.56. The van der Waals surface area contributed by atoms with Crippen molar-refractivity contribution in [2.45, 2.75) is 25.7 Å². The maximum Gasteiger partial charge on any atom is 0.218 e. The lowest BCUT2D eigenvalue weighted by Crippen LogP contribution is -2.37. The normalized spacial score (nSPS) is 22.3. The number of benzene rings is 1. The predicted octanol–water partition coefficient (Wildman–Crippen LogP) is 2.14. The number of amides is 1. The van der Waals surface area contributed by atoms with Gasteiger partial charge in [0.2, 0.25) is 5.91 Å². The highest BCUT2D eigenvalue weighted by atomic mass is 16.1. The van der Waals surface area contributed by atoms with Crippen LogP contribution in [0.25, 0.3) is 5.57 Å². The van der Waals surface area contributed by atoms with Crippen molar-refractivity contribution in [2.75, 3.05) is 19.6 Å². The molecular weight excluding hydrogens is 236 g/mol. The maximum absolute atomic E-state index is 10.9. The number of nitrogens with zero attached hydrogens (tertiary/aromatic N) is 1. The van der Waals surface area contributed by atoms with Crippen molar-refractivity contribution >= 4 is 11.5 Å². The Hall–Kier alpha value is -1.61. The van der Waals surface area contributed by atoms with Crippen LogP contribution in [0.15, 0.2) is 29.8 Å². The Morgan fingerprint density at radius 2 is 2.21 bits per heavy atom. The molecule has 1 aliphatic heterocycles. The van der Waals surface area contributed by atoms with Gasteiger partial charge in [0.1, 0.15) is 0 Å². The van der Waals surface area contributed by atoms with Crippen LogP contribution >= 0.6 is 0 Å². The third kappa shape index (κ3) is 2.19. The highest BCUT2D eigenvalue weighted by Crippen LogP contribution is 2.45. The Kier molecular flexibility index (Phi) is 3.15. The standard InChI is InChI=1S/C16H20N2O/c1-11-12-4-2-3-5-14(12)15-10-18(8-6-13(11)15)9-7-16(17)19/h2-5,15H,6-10H2,1H3,(H2,17,19). The molecule has 19 heavy (non-hydrogen) atoms. The molecule has 1 unspecified atom stereocenters. The van der Waals surface area contributed by atoms with Gasteiger partial charge in [0, 0.05) is 32.0 Å². The van der Waals surface area contributed by atoms with E-state index in [0.717, 1.165) is 26.1 Å². The van der Waals surface area contributed by atoms with E-state index in [4.69, 9.17) is 5.73 Å². The summed E-state index contributed by atoms with van der Waals surface area (Å²) in [6.07, 6.45) is 1.58. The quantitative estimate of drug-likeness (QED) is 0.900. The van der Waals surface area contributed by atoms with Crippen LogP contribution in [0, 0.1) is 0 Å². The van der Waals surface area contributed by atoms with Gasteiger partial charge >= 0.3 is 0 Å². The van der Waals surface area contributed by atoms with Crippen LogP contribution in [0.4, 0.5) is 0 Å². The summed E-state index contributed by atoms with van der Waals surface area (Å²) in [7, 11) is 0. The fraction of sp³-hybridized carbons (Fsp3) is 0.438. The van der Waals surface area contributed by atoms with Crippen LogP contribution in [0.5, 0.6) is 0 Å². The molecule has 1 aromatic carbocycles. The van der Waals surface area contributed by atoms with Crippen LogP contribution in [-0.2, 0) is 4.79 Å². The minimum atomic E-state index is -0.204. The van der Waals surface area contributed by atoms with E-state index >= 15 is 0 Å². The van der Waals surface area contributed by atoms with Crippen LogP contribution < -0.4 is 5.73 Å². The first-order valence-corrected chi connectivity index (χ1v) is 6.96. The molecule has 1 aromatic rings. The summed E-state index contributed by atoms with van der Waals surface area (Å²) >= 11 is 0. The first kappa shape index (κ1) is 12.4. The van der Waals surface area contributed by atoms with Crippen molar-refractivity contribution in [1.29, 1.82) is 0 Å². The maximum atomic E-state index is 10.9. The monoisotopic (exact) mass is 256 g/mol. The molecule has 3 rings (SSSR count). The lowest BCUT2D eigenvalue weighted by atomic mass is 9.89. The van der Waals surface area contributed by atoms with E-state index in [2.05, 4.69) is 36.1 Å². The van der Waals surface area contributed by atoms with Crippen molar-refractivity contribution in [3.05, 3.63) is 41.0 Å². The van der Waals surface area contributed by atoms with Crippen molar-refractivity contribution in [3.63, 3.8) is 0 Å². The second-order valence-electron chi connectivity index (χ2n) is 5.56. The number of carbonyl (C=O) groups excluding carboxylic acids is 1. The number of fused-ring (bicyclic) bond motifs is 3. The molecule has 0 spiro atoms. The number of rotatable bonds is 3. The van der Waals surface area contributed by atoms with Crippen LogP contribution in [0.2, 0.25) is 0 Å². The first-order chi connectivity index (χ1) is 9.16. The van der Waals surface area contributed by atoms with E-state index in [-0.39, 0.29) is 5.91 Å². The van der Waals surface area contributed by atoms with Gasteiger partial charge in [-0.2, -0.15) is 0 Å². The average Bonchev–Trinajstić information content (AvgIpc) is 2.71. The van der Waals surface area contributed by atoms with Crippen molar-refractivity contribution in [2.24, 2.45) is 5.73 Å². The molecule has 2 aliphatic rings. The summed E-state index contributed by atoms with van der Waals surface area (Å²) in [4.78, 5) is 13.3. The third-order valence-corrected chi connectivity index (χ3v) is 4.46. The largest absolute Gasteiger partial charge is 0.370 e. The topological polar surface area (TPSA) is 46.3 Å². The number of likely N-dealkylation sites (tertiary alicyclic amines) is 1. The predicted molar refractivity (Wildman–Crippen MR) is 76.6 cm³/mol. The smallest absolute Gasteiger partial charge is 0.218 e. The fourth-order valence-corrected chi connectivity index (χ4v) is 3.43. The molecule has 100 valence electrons. The minimum Gasteiger partial charge on any atom is -0.370 e. The second kappa shape index (κ2) is 4.82. The summed E-state index contributed by atoms with van der Waals surface area (Å²) in [6.45, 7) is 5.11. The minimum absolute atomic E-state index is 0.204. The number of piperidine rings is 1. The Morgan fingerprint density at radius 3 is 3.00 bits per heavy atom. The van der Waals surface area contributed by atoms with Gasteiger partial charge in [0.05, 0.1) is 0 Å². The number of hydrogen-bond acceptors (Lipinski definition) is 2. The fourth-order valence-electron chi connectivity index (χ4n) is 3.43. The van der Waals surface area contributed by atoms with E-state index in [0.29, 0.717) is 12.3 Å². The molecular formula is C16H20N2O. The van der Waals surface area contributed by atoms with E-state index < -0.39 is 0 Å². The molecule has 1 saturated heterocycles. The molecule has 1 amide bonds. The van der Waals surface area contributed by atoms with Gasteiger partial charge in [0.25, 0.3) is 0 Å². The zero-order valence-corrected chi connectivity index (χ0v) is 11.4. The number of nitrogens with two attached hydrogens (primary N) is 1. The van der Waals surface area contributed by atoms with E-state index in [9.17, 15) is 4.79 Å². The Morgan fingerprint density at radius 1 is 1.42 bits per heavy atom. The van der Waals surface area contributed by atoms with Gasteiger partial charge in [-0.1, -0.05) is 29.8 Å². The zero-order valence-electron chi connectivity index (χ0n) is 11.4. The average molecular weight is 256 g/mol. The van der Waals surface area contributed by atoms with Gasteiger partial charge in [-0.3, -0.25) is 4.79 Å².